The fraction of sp³-hybridized carbons (Fsp3) is 0.0566. The van der Waals surface area contributed by atoms with E-state index in [2.05, 4.69) is 206 Å². The molecule has 0 spiro atoms. The van der Waals surface area contributed by atoms with Crippen LogP contribution < -0.4 is 0 Å². The average molecular weight is 688 g/mol. The average Bonchev–Trinajstić information content (AvgIpc) is 3.68. The van der Waals surface area contributed by atoms with Gasteiger partial charge in [-0.3, -0.25) is 0 Å². The molecular weight excluding hydrogens is 651 g/mol. The zero-order valence-electron chi connectivity index (χ0n) is 30.3. The summed E-state index contributed by atoms with van der Waals surface area (Å²) in [5, 5.41) is 7.68. The summed E-state index contributed by atoms with van der Waals surface area (Å²) in [5.41, 5.74) is 16.3. The molecule has 0 bridgehead atoms. The van der Waals surface area contributed by atoms with Crippen molar-refractivity contribution < 1.29 is 0 Å². The monoisotopic (exact) mass is 687 g/mol. The van der Waals surface area contributed by atoms with Crippen LogP contribution in [0.4, 0.5) is 0 Å². The Hall–Kier alpha value is -6.70. The Morgan fingerprint density at radius 1 is 0.333 bits per heavy atom. The van der Waals surface area contributed by atoms with Crippen molar-refractivity contribution in [1.29, 1.82) is 0 Å². The molecule has 0 saturated heterocycles. The van der Waals surface area contributed by atoms with Crippen molar-refractivity contribution in [3.05, 3.63) is 199 Å². The molecule has 1 aromatic heterocycles. The van der Waals surface area contributed by atoms with Crippen molar-refractivity contribution in [3.63, 3.8) is 0 Å². The molecule has 1 nitrogen and oxygen atoms in total. The molecule has 0 unspecified atom stereocenters. The lowest BCUT2D eigenvalue weighted by Crippen LogP contribution is -2.15. The second kappa shape index (κ2) is 11.7. The molecule has 0 aliphatic heterocycles. The first-order valence-electron chi connectivity index (χ1n) is 18.9. The van der Waals surface area contributed by atoms with Gasteiger partial charge >= 0.3 is 0 Å². The molecule has 11 rings (SSSR count). The van der Waals surface area contributed by atoms with E-state index in [-0.39, 0.29) is 5.41 Å². The zero-order valence-corrected chi connectivity index (χ0v) is 30.3. The van der Waals surface area contributed by atoms with Crippen LogP contribution in [-0.4, -0.2) is 4.57 Å². The largest absolute Gasteiger partial charge is 0.309 e. The summed E-state index contributed by atoms with van der Waals surface area (Å²) in [7, 11) is 0. The second-order valence-electron chi connectivity index (χ2n) is 15.4. The summed E-state index contributed by atoms with van der Waals surface area (Å²) in [6, 6.07) is 69.7. The van der Waals surface area contributed by atoms with Crippen molar-refractivity contribution in [2.75, 3.05) is 0 Å². The van der Waals surface area contributed by atoms with Gasteiger partial charge in [0, 0.05) is 21.9 Å². The molecule has 1 aliphatic rings. The molecule has 0 N–H and O–H groups in total. The third-order valence-electron chi connectivity index (χ3n) is 12.0. The van der Waals surface area contributed by atoms with Crippen LogP contribution in [-0.2, 0) is 5.41 Å². The number of rotatable bonds is 4. The highest BCUT2D eigenvalue weighted by molar-refractivity contribution is 6.12. The lowest BCUT2D eigenvalue weighted by Gasteiger charge is -2.23. The molecule has 10 aromatic rings. The number of hydrogen-bond donors (Lipinski definition) is 0. The van der Waals surface area contributed by atoms with E-state index < -0.39 is 0 Å². The maximum Gasteiger partial charge on any atom is 0.0541 e. The van der Waals surface area contributed by atoms with Gasteiger partial charge in [0.1, 0.15) is 0 Å². The van der Waals surface area contributed by atoms with Gasteiger partial charge < -0.3 is 4.57 Å². The van der Waals surface area contributed by atoms with Gasteiger partial charge in [-0.2, -0.15) is 0 Å². The standard InChI is InChI=1S/C53H37N/c1-53(2)49-32-41(40-20-19-37-18-17-36-15-9-10-16-43(36)46(37)29-40)21-25-44(49)45-26-24-42(33-50(45)53)54-51-27-22-38(34-11-5-3-6-12-34)30-47(51)48-31-39(23-28-52(48)54)35-13-7-4-8-14-35/h3-33H,1-2H3. The molecule has 254 valence electrons. The fourth-order valence-corrected chi connectivity index (χ4v) is 9.15. The molecule has 1 heterocycles. The first-order valence-corrected chi connectivity index (χ1v) is 18.9. The van der Waals surface area contributed by atoms with Gasteiger partial charge in [0.2, 0.25) is 0 Å². The first-order chi connectivity index (χ1) is 26.5. The normalized spacial score (nSPS) is 13.1. The van der Waals surface area contributed by atoms with Crippen LogP contribution in [0.1, 0.15) is 25.0 Å². The van der Waals surface area contributed by atoms with Crippen LogP contribution in [0, 0.1) is 0 Å². The maximum absolute atomic E-state index is 2.47. The number of nitrogens with zero attached hydrogens (tertiary/aromatic N) is 1. The van der Waals surface area contributed by atoms with Crippen molar-refractivity contribution in [2.45, 2.75) is 19.3 Å². The quantitative estimate of drug-likeness (QED) is 0.162. The highest BCUT2D eigenvalue weighted by atomic mass is 15.0. The van der Waals surface area contributed by atoms with E-state index in [9.17, 15) is 0 Å². The van der Waals surface area contributed by atoms with E-state index in [1.165, 1.54) is 105 Å². The highest BCUT2D eigenvalue weighted by Gasteiger charge is 2.36. The van der Waals surface area contributed by atoms with Gasteiger partial charge in [0.25, 0.3) is 0 Å². The fourth-order valence-electron chi connectivity index (χ4n) is 9.15. The molecule has 0 atom stereocenters. The smallest absolute Gasteiger partial charge is 0.0541 e. The predicted molar refractivity (Wildman–Crippen MR) is 230 cm³/mol. The van der Waals surface area contributed by atoms with Gasteiger partial charge in [-0.05, 0) is 126 Å². The number of aromatic nitrogens is 1. The van der Waals surface area contributed by atoms with Gasteiger partial charge in [-0.1, -0.05) is 153 Å². The van der Waals surface area contributed by atoms with Crippen LogP contribution in [0.15, 0.2) is 188 Å². The van der Waals surface area contributed by atoms with E-state index in [0.29, 0.717) is 0 Å². The van der Waals surface area contributed by atoms with E-state index in [1.54, 1.807) is 0 Å². The summed E-state index contributed by atoms with van der Waals surface area (Å²) in [6.07, 6.45) is 0. The van der Waals surface area contributed by atoms with Crippen molar-refractivity contribution in [3.8, 4) is 50.2 Å². The molecule has 1 heteroatoms. The molecule has 0 radical (unpaired) electrons. The Labute approximate surface area is 315 Å². The molecule has 0 saturated carbocycles. The minimum atomic E-state index is -0.167. The van der Waals surface area contributed by atoms with Crippen molar-refractivity contribution in [1.82, 2.24) is 4.57 Å². The summed E-state index contributed by atoms with van der Waals surface area (Å²) in [5.74, 6) is 0. The van der Waals surface area contributed by atoms with E-state index in [4.69, 9.17) is 0 Å². The Morgan fingerprint density at radius 3 is 1.46 bits per heavy atom. The lowest BCUT2D eigenvalue weighted by molar-refractivity contribution is 0.660. The summed E-state index contributed by atoms with van der Waals surface area (Å²) < 4.78 is 2.47. The topological polar surface area (TPSA) is 4.93 Å². The van der Waals surface area contributed by atoms with E-state index in [0.717, 1.165) is 0 Å². The molecule has 1 aliphatic carbocycles. The van der Waals surface area contributed by atoms with Crippen LogP contribution in [0.2, 0.25) is 0 Å². The van der Waals surface area contributed by atoms with E-state index in [1.807, 2.05) is 0 Å². The first kappa shape index (κ1) is 30.9. The summed E-state index contributed by atoms with van der Waals surface area (Å²) in [4.78, 5) is 0. The number of hydrogen-bond acceptors (Lipinski definition) is 0. The summed E-state index contributed by atoms with van der Waals surface area (Å²) in [6.45, 7) is 4.78. The maximum atomic E-state index is 2.47. The minimum absolute atomic E-state index is 0.167. The SMILES string of the molecule is CC1(C)c2cc(-c3ccc4ccc5ccccc5c4c3)ccc2-c2ccc(-n3c4ccc(-c5ccccc5)cc4c4cc(-c5ccccc5)ccc43)cc21. The minimum Gasteiger partial charge on any atom is -0.309 e. The Kier molecular flexibility index (Phi) is 6.66. The van der Waals surface area contributed by atoms with Gasteiger partial charge in [0.05, 0.1) is 11.0 Å². The van der Waals surface area contributed by atoms with Gasteiger partial charge in [-0.25, -0.2) is 0 Å². The van der Waals surface area contributed by atoms with Crippen LogP contribution in [0.3, 0.4) is 0 Å². The zero-order chi connectivity index (χ0) is 36.0. The van der Waals surface area contributed by atoms with Crippen molar-refractivity contribution >= 4 is 43.4 Å². The lowest BCUT2D eigenvalue weighted by atomic mass is 9.81. The highest BCUT2D eigenvalue weighted by Crippen LogP contribution is 2.51. The number of benzene rings is 9. The van der Waals surface area contributed by atoms with E-state index >= 15 is 0 Å². The van der Waals surface area contributed by atoms with Gasteiger partial charge in [0.15, 0.2) is 0 Å². The molecule has 54 heavy (non-hydrogen) atoms. The second-order valence-corrected chi connectivity index (χ2v) is 15.4. The summed E-state index contributed by atoms with van der Waals surface area (Å²) >= 11 is 0. The Bertz CT molecular complexity index is 3010. The Balaban J connectivity index is 1.05. The van der Waals surface area contributed by atoms with Crippen LogP contribution >= 0.6 is 0 Å². The van der Waals surface area contributed by atoms with Crippen LogP contribution in [0.25, 0.3) is 93.5 Å². The molecule has 0 amide bonds. The van der Waals surface area contributed by atoms with Crippen LogP contribution in [0.5, 0.6) is 0 Å². The molecule has 0 fully saturated rings. The van der Waals surface area contributed by atoms with Gasteiger partial charge in [-0.15, -0.1) is 0 Å². The number of fused-ring (bicyclic) bond motifs is 9. The van der Waals surface area contributed by atoms with Crippen molar-refractivity contribution in [2.24, 2.45) is 0 Å². The third kappa shape index (κ3) is 4.65. The Morgan fingerprint density at radius 2 is 0.796 bits per heavy atom. The molecular formula is C53H37N. The predicted octanol–water partition coefficient (Wildman–Crippen LogP) is 14.4. The third-order valence-corrected chi connectivity index (χ3v) is 12.0. The molecule has 9 aromatic carbocycles.